The Balaban J connectivity index is 1.60. The zero-order valence-corrected chi connectivity index (χ0v) is 18.3. The summed E-state index contributed by atoms with van der Waals surface area (Å²) < 4.78 is 2.01. The largest absolute Gasteiger partial charge is 0.350 e. The number of rotatable bonds is 7. The van der Waals surface area contributed by atoms with Gasteiger partial charge in [0.25, 0.3) is 0 Å². The first-order valence-corrected chi connectivity index (χ1v) is 11.3. The Morgan fingerprint density at radius 3 is 2.80 bits per heavy atom. The minimum atomic E-state index is -0.0353. The molecule has 3 aromatic heterocycles. The Labute approximate surface area is 183 Å². The van der Waals surface area contributed by atoms with Crippen LogP contribution >= 0.6 is 23.1 Å². The molecule has 0 saturated heterocycles. The van der Waals surface area contributed by atoms with Gasteiger partial charge in [-0.2, -0.15) is 0 Å². The van der Waals surface area contributed by atoms with Gasteiger partial charge in [-0.3, -0.25) is 14.3 Å². The van der Waals surface area contributed by atoms with Crippen LogP contribution in [0.15, 0.2) is 65.4 Å². The van der Waals surface area contributed by atoms with Gasteiger partial charge in [0.2, 0.25) is 5.91 Å². The van der Waals surface area contributed by atoms with Crippen LogP contribution in [-0.4, -0.2) is 31.4 Å². The van der Waals surface area contributed by atoms with Crippen molar-refractivity contribution in [1.82, 2.24) is 25.1 Å². The summed E-state index contributed by atoms with van der Waals surface area (Å²) in [5, 5.41) is 14.4. The highest BCUT2D eigenvalue weighted by Gasteiger charge is 2.19. The second-order valence-corrected chi connectivity index (χ2v) is 8.72. The van der Waals surface area contributed by atoms with Crippen LogP contribution in [0.2, 0.25) is 0 Å². The monoisotopic (exact) mass is 435 g/mol. The fraction of sp³-hybridized carbons (Fsp3) is 0.182. The van der Waals surface area contributed by atoms with Gasteiger partial charge in [-0.05, 0) is 54.6 Å². The van der Waals surface area contributed by atoms with E-state index in [1.807, 2.05) is 46.3 Å². The van der Waals surface area contributed by atoms with Crippen LogP contribution in [0.3, 0.4) is 0 Å². The Bertz CT molecular complexity index is 1140. The van der Waals surface area contributed by atoms with E-state index in [-0.39, 0.29) is 11.7 Å². The van der Waals surface area contributed by atoms with Crippen LogP contribution in [0.5, 0.6) is 0 Å². The van der Waals surface area contributed by atoms with Crippen molar-refractivity contribution in [3.8, 4) is 17.1 Å². The molecular formula is C22H21N5OS2. The van der Waals surface area contributed by atoms with Crippen LogP contribution in [0, 0.1) is 13.8 Å². The third-order valence-corrected chi connectivity index (χ3v) is 6.55. The molecule has 0 bridgehead atoms. The van der Waals surface area contributed by atoms with E-state index in [9.17, 15) is 4.79 Å². The fourth-order valence-electron chi connectivity index (χ4n) is 3.02. The van der Waals surface area contributed by atoms with Crippen LogP contribution in [0.25, 0.3) is 17.1 Å². The lowest BCUT2D eigenvalue weighted by Crippen LogP contribution is -2.24. The summed E-state index contributed by atoms with van der Waals surface area (Å²) in [7, 11) is 0. The van der Waals surface area contributed by atoms with Gasteiger partial charge in [-0.1, -0.05) is 30.0 Å². The van der Waals surface area contributed by atoms with Crippen molar-refractivity contribution in [1.29, 1.82) is 0 Å². The van der Waals surface area contributed by atoms with Gasteiger partial charge in [-0.25, -0.2) is 0 Å². The van der Waals surface area contributed by atoms with Crippen LogP contribution in [0.4, 0.5) is 0 Å². The number of pyridine rings is 1. The first-order chi connectivity index (χ1) is 14.6. The molecule has 3 heterocycles. The second-order valence-electron chi connectivity index (χ2n) is 6.75. The zero-order valence-electron chi connectivity index (χ0n) is 16.7. The SMILES string of the molecule is Cc1cccc(-n2c(SCC(=O)NCc3cccs3)nnc2-c2cccnc2)c1C. The van der Waals surface area contributed by atoms with Gasteiger partial charge < -0.3 is 5.32 Å². The number of thiophene rings is 1. The van der Waals surface area contributed by atoms with Gasteiger partial charge in [-0.15, -0.1) is 21.5 Å². The lowest BCUT2D eigenvalue weighted by Gasteiger charge is -2.14. The maximum Gasteiger partial charge on any atom is 0.230 e. The summed E-state index contributed by atoms with van der Waals surface area (Å²) in [6.45, 7) is 4.71. The summed E-state index contributed by atoms with van der Waals surface area (Å²) in [5.74, 6) is 0.937. The summed E-state index contributed by atoms with van der Waals surface area (Å²) >= 11 is 3.01. The molecule has 6 nitrogen and oxygen atoms in total. The third kappa shape index (κ3) is 4.44. The molecule has 0 atom stereocenters. The molecule has 0 aliphatic carbocycles. The molecular weight excluding hydrogens is 414 g/mol. The van der Waals surface area contributed by atoms with Crippen molar-refractivity contribution in [2.24, 2.45) is 0 Å². The van der Waals surface area contributed by atoms with Gasteiger partial charge in [0.1, 0.15) is 0 Å². The lowest BCUT2D eigenvalue weighted by molar-refractivity contribution is -0.118. The Kier molecular flexibility index (Phi) is 6.25. The number of thioether (sulfide) groups is 1. The average Bonchev–Trinajstić information content (AvgIpc) is 3.43. The molecule has 1 amide bonds. The first kappa shape index (κ1) is 20.3. The molecule has 1 aromatic carbocycles. The smallest absolute Gasteiger partial charge is 0.230 e. The number of carbonyl (C=O) groups is 1. The number of benzene rings is 1. The highest BCUT2D eigenvalue weighted by molar-refractivity contribution is 7.99. The Morgan fingerprint density at radius 2 is 2.03 bits per heavy atom. The number of hydrogen-bond donors (Lipinski definition) is 1. The number of amides is 1. The van der Waals surface area contributed by atoms with E-state index in [0.717, 1.165) is 21.7 Å². The van der Waals surface area contributed by atoms with E-state index >= 15 is 0 Å². The number of carbonyl (C=O) groups excluding carboxylic acids is 1. The molecule has 1 N–H and O–H groups in total. The predicted octanol–water partition coefficient (Wildman–Crippen LogP) is 4.42. The number of nitrogens with zero attached hydrogens (tertiary/aromatic N) is 4. The number of aromatic nitrogens is 4. The lowest BCUT2D eigenvalue weighted by atomic mass is 10.1. The molecule has 0 radical (unpaired) electrons. The topological polar surface area (TPSA) is 72.7 Å². The molecule has 4 aromatic rings. The van der Waals surface area contributed by atoms with Crippen LogP contribution in [-0.2, 0) is 11.3 Å². The van der Waals surface area contributed by atoms with Crippen LogP contribution in [0.1, 0.15) is 16.0 Å². The van der Waals surface area contributed by atoms with E-state index in [1.165, 1.54) is 17.3 Å². The fourth-order valence-corrected chi connectivity index (χ4v) is 4.44. The van der Waals surface area contributed by atoms with Crippen molar-refractivity contribution in [3.05, 3.63) is 76.2 Å². The molecule has 0 aliphatic heterocycles. The van der Waals surface area contributed by atoms with Crippen molar-refractivity contribution in [3.63, 3.8) is 0 Å². The molecule has 30 heavy (non-hydrogen) atoms. The molecule has 152 valence electrons. The minimum absolute atomic E-state index is 0.0353. The van der Waals surface area contributed by atoms with Gasteiger partial charge in [0.05, 0.1) is 18.0 Å². The maximum absolute atomic E-state index is 12.4. The summed E-state index contributed by atoms with van der Waals surface area (Å²) in [5.41, 5.74) is 4.20. The van der Waals surface area contributed by atoms with Crippen LogP contribution < -0.4 is 5.32 Å². The van der Waals surface area contributed by atoms with Gasteiger partial charge in [0, 0.05) is 22.8 Å². The van der Waals surface area contributed by atoms with Gasteiger partial charge in [0.15, 0.2) is 11.0 Å². The van der Waals surface area contributed by atoms with E-state index < -0.39 is 0 Å². The van der Waals surface area contributed by atoms with Crippen molar-refractivity contribution in [2.45, 2.75) is 25.5 Å². The van der Waals surface area contributed by atoms with Crippen molar-refractivity contribution < 1.29 is 4.79 Å². The number of nitrogens with one attached hydrogen (secondary N) is 1. The van der Waals surface area contributed by atoms with E-state index in [2.05, 4.69) is 40.4 Å². The summed E-state index contributed by atoms with van der Waals surface area (Å²) in [6, 6.07) is 14.0. The van der Waals surface area contributed by atoms with E-state index in [0.29, 0.717) is 17.5 Å². The van der Waals surface area contributed by atoms with Crippen molar-refractivity contribution >= 4 is 29.0 Å². The summed E-state index contributed by atoms with van der Waals surface area (Å²) in [4.78, 5) is 17.7. The molecule has 0 unspecified atom stereocenters. The third-order valence-electron chi connectivity index (χ3n) is 4.74. The predicted molar refractivity (Wildman–Crippen MR) is 121 cm³/mol. The molecule has 4 rings (SSSR count). The zero-order chi connectivity index (χ0) is 20.9. The molecule has 0 saturated carbocycles. The highest BCUT2D eigenvalue weighted by Crippen LogP contribution is 2.30. The molecule has 8 heteroatoms. The Morgan fingerprint density at radius 1 is 1.13 bits per heavy atom. The average molecular weight is 436 g/mol. The van der Waals surface area contributed by atoms with Gasteiger partial charge >= 0.3 is 0 Å². The Hall–Kier alpha value is -2.97. The normalized spacial score (nSPS) is 10.9. The standard InChI is InChI=1S/C22H21N5OS2/c1-15-6-3-9-19(16(15)2)27-21(17-7-4-10-23-12-17)25-26-22(27)30-14-20(28)24-13-18-8-5-11-29-18/h3-12H,13-14H2,1-2H3,(H,24,28). The molecule has 0 aliphatic rings. The molecule has 0 spiro atoms. The molecule has 0 fully saturated rings. The first-order valence-electron chi connectivity index (χ1n) is 9.48. The summed E-state index contributed by atoms with van der Waals surface area (Å²) in [6.07, 6.45) is 3.50. The van der Waals surface area contributed by atoms with Crippen molar-refractivity contribution in [2.75, 3.05) is 5.75 Å². The minimum Gasteiger partial charge on any atom is -0.350 e. The van der Waals surface area contributed by atoms with E-state index in [4.69, 9.17) is 0 Å². The second kappa shape index (κ2) is 9.23. The highest BCUT2D eigenvalue weighted by atomic mass is 32.2. The quantitative estimate of drug-likeness (QED) is 0.435. The number of aryl methyl sites for hydroxylation is 1. The number of hydrogen-bond acceptors (Lipinski definition) is 6. The van der Waals surface area contributed by atoms with E-state index in [1.54, 1.807) is 23.7 Å². The maximum atomic E-state index is 12.4.